The van der Waals surface area contributed by atoms with Crippen molar-refractivity contribution < 1.29 is 0 Å². The number of aryl methyl sites for hydroxylation is 1. The maximum Gasteiger partial charge on any atom is 0.112 e. The summed E-state index contributed by atoms with van der Waals surface area (Å²) < 4.78 is 0. The molecule has 3 rings (SSSR count). The lowest BCUT2D eigenvalue weighted by molar-refractivity contribution is 0.228. The number of hydrogen-bond acceptors (Lipinski definition) is 5. The van der Waals surface area contributed by atoms with Gasteiger partial charge in [-0.2, -0.15) is 0 Å². The van der Waals surface area contributed by atoms with Crippen LogP contribution in [0.3, 0.4) is 0 Å². The van der Waals surface area contributed by atoms with Crippen LogP contribution >= 0.6 is 11.3 Å². The van der Waals surface area contributed by atoms with Crippen LogP contribution < -0.4 is 5.32 Å². The fourth-order valence-corrected chi connectivity index (χ4v) is 4.89. The lowest BCUT2D eigenvalue weighted by atomic mass is 9.97. The SMILES string of the molecule is CCNC1CCCc2sc(C3CN(C)CCCN3C)nc21. The van der Waals surface area contributed by atoms with Crippen molar-refractivity contribution in [2.45, 2.75) is 44.7 Å². The predicted octanol–water partition coefficient (Wildman–Crippen LogP) is 2.44. The molecule has 5 heteroatoms. The van der Waals surface area contributed by atoms with Crippen molar-refractivity contribution in [1.29, 1.82) is 0 Å². The second kappa shape index (κ2) is 6.73. The fourth-order valence-electron chi connectivity index (χ4n) is 3.56. The van der Waals surface area contributed by atoms with E-state index >= 15 is 0 Å². The van der Waals surface area contributed by atoms with Crippen LogP contribution in [0.4, 0.5) is 0 Å². The Balaban J connectivity index is 1.85. The first kappa shape index (κ1) is 15.4. The maximum absolute atomic E-state index is 5.09. The molecule has 0 amide bonds. The van der Waals surface area contributed by atoms with Gasteiger partial charge in [0.25, 0.3) is 0 Å². The zero-order valence-electron chi connectivity index (χ0n) is 13.6. The first-order chi connectivity index (χ1) is 10.2. The van der Waals surface area contributed by atoms with Gasteiger partial charge < -0.3 is 10.2 Å². The number of rotatable bonds is 3. The molecule has 2 unspecified atom stereocenters. The molecule has 1 aliphatic heterocycles. The zero-order chi connectivity index (χ0) is 14.8. The molecule has 4 nitrogen and oxygen atoms in total. The molecule has 1 N–H and O–H groups in total. The molecule has 2 heterocycles. The molecule has 0 saturated carbocycles. The molecular weight excluding hydrogens is 280 g/mol. The monoisotopic (exact) mass is 308 g/mol. The molecule has 1 fully saturated rings. The van der Waals surface area contributed by atoms with Gasteiger partial charge in [-0.15, -0.1) is 11.3 Å². The fraction of sp³-hybridized carbons (Fsp3) is 0.812. The van der Waals surface area contributed by atoms with E-state index < -0.39 is 0 Å². The number of nitrogens with one attached hydrogen (secondary N) is 1. The van der Waals surface area contributed by atoms with Crippen LogP contribution in [0, 0.1) is 0 Å². The van der Waals surface area contributed by atoms with Gasteiger partial charge in [0.2, 0.25) is 0 Å². The van der Waals surface area contributed by atoms with Gasteiger partial charge >= 0.3 is 0 Å². The second-order valence-corrected chi connectivity index (χ2v) is 7.59. The van der Waals surface area contributed by atoms with Crippen LogP contribution in [0.2, 0.25) is 0 Å². The Bertz CT molecular complexity index is 473. The summed E-state index contributed by atoms with van der Waals surface area (Å²) in [5, 5.41) is 4.94. The van der Waals surface area contributed by atoms with E-state index in [4.69, 9.17) is 4.98 Å². The molecule has 2 aliphatic rings. The highest BCUT2D eigenvalue weighted by Crippen LogP contribution is 2.37. The molecule has 1 aromatic heterocycles. The molecule has 0 bridgehead atoms. The summed E-state index contributed by atoms with van der Waals surface area (Å²) in [6.45, 7) is 6.70. The minimum atomic E-state index is 0.468. The quantitative estimate of drug-likeness (QED) is 0.929. The Kier molecular flexibility index (Phi) is 4.94. The number of thiazole rings is 1. The summed E-state index contributed by atoms with van der Waals surface area (Å²) in [4.78, 5) is 11.6. The van der Waals surface area contributed by atoms with E-state index in [0.717, 1.165) is 13.1 Å². The lowest BCUT2D eigenvalue weighted by Gasteiger charge is -2.25. The number of fused-ring (bicyclic) bond motifs is 1. The smallest absolute Gasteiger partial charge is 0.112 e. The van der Waals surface area contributed by atoms with E-state index in [9.17, 15) is 0 Å². The molecular formula is C16H28N4S. The van der Waals surface area contributed by atoms with Gasteiger partial charge in [-0.05, 0) is 59.4 Å². The first-order valence-electron chi connectivity index (χ1n) is 8.30. The van der Waals surface area contributed by atoms with Gasteiger partial charge in [-0.1, -0.05) is 6.92 Å². The van der Waals surface area contributed by atoms with Crippen molar-refractivity contribution in [3.63, 3.8) is 0 Å². The van der Waals surface area contributed by atoms with E-state index in [0.29, 0.717) is 12.1 Å². The van der Waals surface area contributed by atoms with E-state index in [1.165, 1.54) is 54.4 Å². The normalized spacial score (nSPS) is 28.3. The minimum absolute atomic E-state index is 0.468. The van der Waals surface area contributed by atoms with Crippen LogP contribution in [0.15, 0.2) is 0 Å². The largest absolute Gasteiger partial charge is 0.309 e. The van der Waals surface area contributed by atoms with Gasteiger partial charge in [0, 0.05) is 11.4 Å². The highest BCUT2D eigenvalue weighted by Gasteiger charge is 2.29. The molecule has 2 atom stereocenters. The van der Waals surface area contributed by atoms with Gasteiger partial charge in [0.15, 0.2) is 0 Å². The number of nitrogens with zero attached hydrogens (tertiary/aromatic N) is 3. The van der Waals surface area contributed by atoms with Crippen LogP contribution in [0.1, 0.15) is 53.8 Å². The van der Waals surface area contributed by atoms with Gasteiger partial charge in [-0.3, -0.25) is 4.90 Å². The average molecular weight is 308 g/mol. The molecule has 0 radical (unpaired) electrons. The van der Waals surface area contributed by atoms with E-state index in [1.54, 1.807) is 0 Å². The summed E-state index contributed by atoms with van der Waals surface area (Å²) in [5.41, 5.74) is 1.35. The average Bonchev–Trinajstić information content (AvgIpc) is 2.82. The Morgan fingerprint density at radius 3 is 2.95 bits per heavy atom. The molecule has 118 valence electrons. The molecule has 0 spiro atoms. The van der Waals surface area contributed by atoms with E-state index in [2.05, 4.69) is 36.1 Å². The van der Waals surface area contributed by atoms with Crippen molar-refractivity contribution in [2.75, 3.05) is 40.3 Å². The molecule has 21 heavy (non-hydrogen) atoms. The van der Waals surface area contributed by atoms with Crippen molar-refractivity contribution in [3.05, 3.63) is 15.6 Å². The van der Waals surface area contributed by atoms with Crippen LogP contribution in [0.5, 0.6) is 0 Å². The summed E-state index contributed by atoms with van der Waals surface area (Å²) in [6, 6.07) is 0.952. The highest BCUT2D eigenvalue weighted by atomic mass is 32.1. The Morgan fingerprint density at radius 2 is 2.14 bits per heavy atom. The van der Waals surface area contributed by atoms with Crippen molar-refractivity contribution >= 4 is 11.3 Å². The Morgan fingerprint density at radius 1 is 1.29 bits per heavy atom. The lowest BCUT2D eigenvalue weighted by Crippen LogP contribution is -2.30. The Hall–Kier alpha value is -0.490. The maximum atomic E-state index is 5.09. The summed E-state index contributed by atoms with van der Waals surface area (Å²) in [5.74, 6) is 0. The van der Waals surface area contributed by atoms with E-state index in [-0.39, 0.29) is 0 Å². The summed E-state index contributed by atoms with van der Waals surface area (Å²) >= 11 is 1.97. The zero-order valence-corrected chi connectivity index (χ0v) is 14.4. The third-order valence-corrected chi connectivity index (χ3v) is 6.01. The molecule has 1 aromatic rings. The van der Waals surface area contributed by atoms with Gasteiger partial charge in [-0.25, -0.2) is 4.98 Å². The predicted molar refractivity (Wildman–Crippen MR) is 89.0 cm³/mol. The van der Waals surface area contributed by atoms with Gasteiger partial charge in [0.05, 0.1) is 17.8 Å². The van der Waals surface area contributed by atoms with Crippen molar-refractivity contribution in [1.82, 2.24) is 20.1 Å². The topological polar surface area (TPSA) is 31.4 Å². The van der Waals surface area contributed by atoms with Crippen LogP contribution in [0.25, 0.3) is 0 Å². The van der Waals surface area contributed by atoms with Crippen molar-refractivity contribution in [2.24, 2.45) is 0 Å². The summed E-state index contributed by atoms with van der Waals surface area (Å²) in [7, 11) is 4.49. The molecule has 1 saturated heterocycles. The van der Waals surface area contributed by atoms with Crippen molar-refractivity contribution in [3.8, 4) is 0 Å². The minimum Gasteiger partial charge on any atom is -0.309 e. The van der Waals surface area contributed by atoms with E-state index in [1.807, 2.05) is 11.3 Å². The highest BCUT2D eigenvalue weighted by molar-refractivity contribution is 7.11. The van der Waals surface area contributed by atoms with Gasteiger partial charge in [0.1, 0.15) is 5.01 Å². The number of aromatic nitrogens is 1. The third-order valence-electron chi connectivity index (χ3n) is 4.77. The van der Waals surface area contributed by atoms with Crippen LogP contribution in [-0.4, -0.2) is 55.1 Å². The number of likely N-dealkylation sites (N-methyl/N-ethyl adjacent to an activating group) is 2. The molecule has 0 aromatic carbocycles. The third kappa shape index (κ3) is 3.31. The number of hydrogen-bond donors (Lipinski definition) is 1. The molecule has 1 aliphatic carbocycles. The second-order valence-electron chi connectivity index (χ2n) is 6.48. The Labute approximate surface area is 132 Å². The van der Waals surface area contributed by atoms with Crippen LogP contribution in [-0.2, 0) is 6.42 Å². The standard InChI is InChI=1S/C16H28N4S/c1-4-17-12-7-5-8-14-15(12)18-16(21-14)13-11-19(2)9-6-10-20(13)3/h12-13,17H,4-11H2,1-3H3. The summed E-state index contributed by atoms with van der Waals surface area (Å²) in [6.07, 6.45) is 5.02. The first-order valence-corrected chi connectivity index (χ1v) is 9.12.